The van der Waals surface area contributed by atoms with Crippen molar-refractivity contribution in [2.24, 2.45) is 0 Å². The van der Waals surface area contributed by atoms with Crippen LogP contribution >= 0.6 is 11.6 Å². The van der Waals surface area contributed by atoms with Gasteiger partial charge in [-0.15, -0.1) is 0 Å². The fourth-order valence-electron chi connectivity index (χ4n) is 3.10. The van der Waals surface area contributed by atoms with E-state index in [2.05, 4.69) is 11.9 Å². The molecule has 1 aliphatic rings. The Labute approximate surface area is 135 Å². The van der Waals surface area contributed by atoms with Crippen LogP contribution in [0.1, 0.15) is 38.3 Å². The van der Waals surface area contributed by atoms with Crippen LogP contribution in [0.4, 0.5) is 0 Å². The number of fused-ring (bicyclic) bond motifs is 1. The number of likely N-dealkylation sites (tertiary alicyclic amines) is 1. The molecule has 5 heteroatoms. The van der Waals surface area contributed by atoms with Gasteiger partial charge in [0.05, 0.1) is 5.69 Å². The molecule has 2 aromatic rings. The second-order valence-electron chi connectivity index (χ2n) is 5.64. The molecule has 4 nitrogen and oxygen atoms in total. The molecule has 1 amide bonds. The second kappa shape index (κ2) is 6.53. The number of halogens is 1. The Balaban J connectivity index is 1.83. The maximum absolute atomic E-state index is 12.5. The number of aromatic nitrogens is 2. The number of hydrogen-bond acceptors (Lipinski definition) is 2. The van der Waals surface area contributed by atoms with Crippen LogP contribution in [0, 0.1) is 0 Å². The van der Waals surface area contributed by atoms with E-state index in [-0.39, 0.29) is 5.91 Å². The number of nitrogens with zero attached hydrogens (tertiary/aromatic N) is 3. The summed E-state index contributed by atoms with van der Waals surface area (Å²) in [5, 5.41) is 0.418. The van der Waals surface area contributed by atoms with Gasteiger partial charge >= 0.3 is 0 Å². The second-order valence-corrected chi connectivity index (χ2v) is 6.00. The van der Waals surface area contributed by atoms with E-state index in [1.165, 1.54) is 6.42 Å². The molecule has 0 N–H and O–H groups in total. The lowest BCUT2D eigenvalue weighted by molar-refractivity contribution is -0.129. The van der Waals surface area contributed by atoms with Crippen molar-refractivity contribution >= 4 is 29.2 Å². The highest BCUT2D eigenvalue weighted by molar-refractivity contribution is 6.31. The molecule has 116 valence electrons. The first kappa shape index (κ1) is 15.1. The molecule has 0 aliphatic carbocycles. The number of amides is 1. The lowest BCUT2D eigenvalue weighted by Crippen LogP contribution is -2.42. The molecule has 1 saturated heterocycles. The highest BCUT2D eigenvalue weighted by atomic mass is 35.5. The zero-order valence-electron chi connectivity index (χ0n) is 12.7. The fourth-order valence-corrected chi connectivity index (χ4v) is 3.34. The van der Waals surface area contributed by atoms with Gasteiger partial charge in [0.2, 0.25) is 5.91 Å². The number of hydrogen-bond donors (Lipinski definition) is 0. The molecule has 2 aromatic heterocycles. The minimum absolute atomic E-state index is 0.0634. The minimum atomic E-state index is 0.0634. The van der Waals surface area contributed by atoms with E-state index >= 15 is 0 Å². The van der Waals surface area contributed by atoms with Gasteiger partial charge in [0.15, 0.2) is 5.15 Å². The maximum atomic E-state index is 12.5. The zero-order valence-corrected chi connectivity index (χ0v) is 13.5. The quantitative estimate of drug-likeness (QED) is 0.808. The predicted octanol–water partition coefficient (Wildman–Crippen LogP) is 3.79. The molecule has 1 unspecified atom stereocenters. The summed E-state index contributed by atoms with van der Waals surface area (Å²) in [6, 6.07) is 6.09. The number of rotatable bonds is 3. The Kier molecular flexibility index (Phi) is 4.48. The van der Waals surface area contributed by atoms with Gasteiger partial charge in [-0.1, -0.05) is 24.6 Å². The molecular formula is C17H20ClN3O. The molecule has 3 heterocycles. The van der Waals surface area contributed by atoms with Crippen molar-refractivity contribution in [3.05, 3.63) is 41.3 Å². The monoisotopic (exact) mass is 317 g/mol. The minimum Gasteiger partial charge on any atom is -0.336 e. The van der Waals surface area contributed by atoms with E-state index in [1.54, 1.807) is 12.2 Å². The highest BCUT2D eigenvalue weighted by Crippen LogP contribution is 2.22. The first-order valence-electron chi connectivity index (χ1n) is 7.82. The third kappa shape index (κ3) is 2.88. The van der Waals surface area contributed by atoms with Crippen LogP contribution in [-0.2, 0) is 4.79 Å². The van der Waals surface area contributed by atoms with Crippen molar-refractivity contribution in [2.75, 3.05) is 6.54 Å². The lowest BCUT2D eigenvalue weighted by Gasteiger charge is -2.34. The molecule has 1 atom stereocenters. The highest BCUT2D eigenvalue weighted by Gasteiger charge is 2.23. The van der Waals surface area contributed by atoms with Crippen LogP contribution in [0.15, 0.2) is 30.5 Å². The Hall–Kier alpha value is -1.81. The van der Waals surface area contributed by atoms with Gasteiger partial charge in [0, 0.05) is 24.9 Å². The van der Waals surface area contributed by atoms with E-state index < -0.39 is 0 Å². The summed E-state index contributed by atoms with van der Waals surface area (Å²) >= 11 is 6.18. The van der Waals surface area contributed by atoms with Crippen LogP contribution in [0.5, 0.6) is 0 Å². The smallest absolute Gasteiger partial charge is 0.246 e. The molecule has 0 radical (unpaired) electrons. The Bertz CT molecular complexity index is 707. The van der Waals surface area contributed by atoms with Crippen LogP contribution in [0.25, 0.3) is 11.7 Å². The van der Waals surface area contributed by atoms with Crippen LogP contribution in [0.3, 0.4) is 0 Å². The van der Waals surface area contributed by atoms with Crippen LogP contribution < -0.4 is 0 Å². The van der Waals surface area contributed by atoms with E-state index in [4.69, 9.17) is 11.6 Å². The lowest BCUT2D eigenvalue weighted by atomic mass is 10.00. The van der Waals surface area contributed by atoms with Gasteiger partial charge in [-0.25, -0.2) is 4.98 Å². The molecule has 0 saturated carbocycles. The van der Waals surface area contributed by atoms with E-state index in [1.807, 2.05) is 33.7 Å². The number of pyridine rings is 1. The number of imidazole rings is 1. The molecule has 3 rings (SSSR count). The van der Waals surface area contributed by atoms with E-state index in [9.17, 15) is 4.79 Å². The topological polar surface area (TPSA) is 37.6 Å². The number of piperidine rings is 1. The van der Waals surface area contributed by atoms with Gasteiger partial charge in [0.25, 0.3) is 0 Å². The average molecular weight is 318 g/mol. The summed E-state index contributed by atoms with van der Waals surface area (Å²) in [5.74, 6) is 0.0634. The summed E-state index contributed by atoms with van der Waals surface area (Å²) < 4.78 is 1.89. The Morgan fingerprint density at radius 3 is 3.14 bits per heavy atom. The van der Waals surface area contributed by atoms with Gasteiger partial charge in [-0.3, -0.25) is 9.20 Å². The van der Waals surface area contributed by atoms with Gasteiger partial charge in [-0.2, -0.15) is 0 Å². The Morgan fingerprint density at radius 2 is 2.32 bits per heavy atom. The van der Waals surface area contributed by atoms with Crippen molar-refractivity contribution in [1.82, 2.24) is 14.3 Å². The summed E-state index contributed by atoms with van der Waals surface area (Å²) in [6.45, 7) is 2.99. The number of carbonyl (C=O) groups excluding carboxylic acids is 1. The average Bonchev–Trinajstić information content (AvgIpc) is 2.87. The van der Waals surface area contributed by atoms with Crippen molar-refractivity contribution in [3.63, 3.8) is 0 Å². The van der Waals surface area contributed by atoms with Crippen LogP contribution in [0.2, 0.25) is 5.15 Å². The number of carbonyl (C=O) groups is 1. The molecule has 22 heavy (non-hydrogen) atoms. The fraction of sp³-hybridized carbons (Fsp3) is 0.412. The van der Waals surface area contributed by atoms with Gasteiger partial charge in [-0.05, 0) is 43.9 Å². The predicted molar refractivity (Wildman–Crippen MR) is 88.9 cm³/mol. The third-order valence-electron chi connectivity index (χ3n) is 4.29. The summed E-state index contributed by atoms with van der Waals surface area (Å²) in [6.07, 6.45) is 9.70. The summed E-state index contributed by atoms with van der Waals surface area (Å²) in [5.41, 5.74) is 1.53. The molecule has 1 fully saturated rings. The first-order chi connectivity index (χ1) is 10.7. The molecule has 0 spiro atoms. The summed E-state index contributed by atoms with van der Waals surface area (Å²) in [7, 11) is 0. The van der Waals surface area contributed by atoms with E-state index in [0.29, 0.717) is 11.2 Å². The molecule has 1 aliphatic heterocycles. The maximum Gasteiger partial charge on any atom is 0.246 e. The molecular weight excluding hydrogens is 298 g/mol. The molecule has 0 aromatic carbocycles. The normalized spacial score (nSPS) is 19.2. The van der Waals surface area contributed by atoms with E-state index in [0.717, 1.165) is 37.1 Å². The van der Waals surface area contributed by atoms with Gasteiger partial charge < -0.3 is 4.90 Å². The molecule has 0 bridgehead atoms. The van der Waals surface area contributed by atoms with Crippen molar-refractivity contribution < 1.29 is 4.79 Å². The SMILES string of the molecule is CCC1CCCCN1C(=O)/C=C/c1c(Cl)nc2ccccn12. The summed E-state index contributed by atoms with van der Waals surface area (Å²) in [4.78, 5) is 18.7. The van der Waals surface area contributed by atoms with Crippen LogP contribution in [-0.4, -0.2) is 32.8 Å². The first-order valence-corrected chi connectivity index (χ1v) is 8.19. The van der Waals surface area contributed by atoms with Crippen molar-refractivity contribution in [1.29, 1.82) is 0 Å². The zero-order chi connectivity index (χ0) is 15.5. The van der Waals surface area contributed by atoms with Crippen molar-refractivity contribution in [2.45, 2.75) is 38.6 Å². The van der Waals surface area contributed by atoms with Gasteiger partial charge in [0.1, 0.15) is 5.65 Å². The van der Waals surface area contributed by atoms with Crippen molar-refractivity contribution in [3.8, 4) is 0 Å². The third-order valence-corrected chi connectivity index (χ3v) is 4.57. The Morgan fingerprint density at radius 1 is 1.45 bits per heavy atom. The standard InChI is InChI=1S/C17H20ClN3O/c1-2-13-7-3-5-11-20(13)16(22)10-9-14-17(18)19-15-8-4-6-12-21(14)15/h4,6,8-10,12-13H,2-3,5,7,11H2,1H3/b10-9+. The largest absolute Gasteiger partial charge is 0.336 e.